The van der Waals surface area contributed by atoms with Gasteiger partial charge in [0.1, 0.15) is 0 Å². The van der Waals surface area contributed by atoms with Crippen LogP contribution in [0.3, 0.4) is 0 Å². The number of carbonyl (C=O) groups is 1. The summed E-state index contributed by atoms with van der Waals surface area (Å²) in [5.74, 6) is -0.255. The lowest BCUT2D eigenvalue weighted by Crippen LogP contribution is -2.28. The predicted molar refractivity (Wildman–Crippen MR) is 78.5 cm³/mol. The van der Waals surface area contributed by atoms with Gasteiger partial charge in [0, 0.05) is 20.1 Å². The molecule has 0 N–H and O–H groups in total. The van der Waals surface area contributed by atoms with Crippen molar-refractivity contribution in [2.24, 2.45) is 0 Å². The smallest absolute Gasteiger partial charge is 0.306 e. The van der Waals surface area contributed by atoms with Crippen LogP contribution < -0.4 is 0 Å². The van der Waals surface area contributed by atoms with E-state index < -0.39 is 0 Å². The third-order valence-electron chi connectivity index (χ3n) is 2.30. The van der Waals surface area contributed by atoms with Gasteiger partial charge in [0.25, 0.3) is 0 Å². The molecule has 0 heterocycles. The van der Waals surface area contributed by atoms with Crippen molar-refractivity contribution in [3.8, 4) is 0 Å². The molecule has 0 aliphatic rings. The molecule has 19 heavy (non-hydrogen) atoms. The Morgan fingerprint density at radius 1 is 1.16 bits per heavy atom. The molecule has 0 aromatic rings. The molecule has 0 aromatic carbocycles. The average molecular weight is 297 g/mol. The van der Waals surface area contributed by atoms with Crippen molar-refractivity contribution in [3.63, 3.8) is 0 Å². The van der Waals surface area contributed by atoms with Crippen LogP contribution in [0.5, 0.6) is 0 Å². The van der Waals surface area contributed by atoms with Gasteiger partial charge in [-0.3, -0.25) is 4.79 Å². The van der Waals surface area contributed by atoms with E-state index in [9.17, 15) is 4.79 Å². The Morgan fingerprint density at radius 3 is 1.95 bits per heavy atom. The lowest BCUT2D eigenvalue weighted by atomic mass is 10.1. The minimum Gasteiger partial charge on any atom is -0.449 e. The van der Waals surface area contributed by atoms with Gasteiger partial charge in [-0.25, -0.2) is 0 Å². The molecule has 0 saturated carbocycles. The Kier molecular flexibility index (Phi) is 11.6. The Bertz CT molecular complexity index is 234. The van der Waals surface area contributed by atoms with E-state index in [1.54, 1.807) is 14.0 Å². The summed E-state index contributed by atoms with van der Waals surface area (Å²) in [6, 6.07) is -0.0350. The molecule has 116 valence electrons. The van der Waals surface area contributed by atoms with E-state index in [1.807, 2.05) is 0 Å². The molecule has 0 saturated heterocycles. The first-order chi connectivity index (χ1) is 8.58. The minimum atomic E-state index is -0.255. The van der Waals surface area contributed by atoms with Gasteiger partial charge < -0.3 is 14.2 Å². The Morgan fingerprint density at radius 2 is 1.68 bits per heavy atom. The van der Waals surface area contributed by atoms with Crippen molar-refractivity contribution in [2.75, 3.05) is 19.8 Å². The van der Waals surface area contributed by atoms with Crippen molar-refractivity contribution < 1.29 is 19.0 Å². The van der Waals surface area contributed by atoms with E-state index in [2.05, 4.69) is 39.4 Å². The highest BCUT2D eigenvalue weighted by Gasteiger charge is 2.18. The Balaban J connectivity index is 0. The van der Waals surface area contributed by atoms with Gasteiger partial charge in [-0.1, -0.05) is 18.5 Å². The second-order valence-corrected chi connectivity index (χ2v) is 5.87. The molecule has 0 unspecified atom stereocenters. The summed E-state index contributed by atoms with van der Waals surface area (Å²) < 4.78 is 15.2. The van der Waals surface area contributed by atoms with Crippen LogP contribution in [0.15, 0.2) is 0 Å². The number of rotatable bonds is 6. The zero-order chi connectivity index (χ0) is 15.5. The lowest BCUT2D eigenvalue weighted by molar-refractivity contribution is -0.141. The summed E-state index contributed by atoms with van der Waals surface area (Å²) in [6.07, 6.45) is 1.33. The van der Waals surface area contributed by atoms with E-state index in [0.717, 1.165) is 13.0 Å². The Hall–Kier alpha value is -0.320. The normalized spacial score (nSPS) is 11.6. The number of halogens is 1. The fraction of sp³-hybridized carbons (Fsp3) is 0.929. The van der Waals surface area contributed by atoms with Gasteiger partial charge in [-0.15, -0.1) is 0 Å². The monoisotopic (exact) mass is 296 g/mol. The van der Waals surface area contributed by atoms with Crippen molar-refractivity contribution >= 4 is 17.6 Å². The van der Waals surface area contributed by atoms with Crippen molar-refractivity contribution in [1.29, 1.82) is 0 Å². The molecule has 0 aliphatic carbocycles. The first-order valence-corrected chi connectivity index (χ1v) is 7.02. The van der Waals surface area contributed by atoms with Gasteiger partial charge in [0.15, 0.2) is 6.07 Å². The van der Waals surface area contributed by atoms with Gasteiger partial charge in [-0.05, 0) is 41.0 Å². The molecule has 4 nitrogen and oxygen atoms in total. The van der Waals surface area contributed by atoms with Gasteiger partial charge in [-0.2, -0.15) is 0 Å². The van der Waals surface area contributed by atoms with Crippen LogP contribution in [0, 0.1) is 0 Å². The molecule has 0 aliphatic heterocycles. The standard InChI is InChI=1S/C10H22O2.C4H7ClO2/c1-9(2,3)12-8-7-10(4,5)11-6;1-2-4(6)7-3-5/h7-8H2,1-6H3;2-3H2,1H3. The highest BCUT2D eigenvalue weighted by atomic mass is 35.5. The van der Waals surface area contributed by atoms with E-state index in [0.29, 0.717) is 6.42 Å². The molecule has 0 atom stereocenters. The summed E-state index contributed by atoms with van der Waals surface area (Å²) in [5.41, 5.74) is -0.102. The van der Waals surface area contributed by atoms with Gasteiger partial charge in [0.2, 0.25) is 0 Å². The molecule has 0 spiro atoms. The van der Waals surface area contributed by atoms with Crippen LogP contribution in [-0.2, 0) is 19.0 Å². The lowest BCUT2D eigenvalue weighted by Gasteiger charge is -2.26. The quantitative estimate of drug-likeness (QED) is 0.553. The Labute approximate surface area is 122 Å². The van der Waals surface area contributed by atoms with E-state index in [4.69, 9.17) is 21.1 Å². The predicted octanol–water partition coefficient (Wildman–Crippen LogP) is 3.75. The van der Waals surface area contributed by atoms with Crippen LogP contribution in [-0.4, -0.2) is 37.0 Å². The molecule has 0 amide bonds. The maximum atomic E-state index is 10.1. The molecule has 0 bridgehead atoms. The van der Waals surface area contributed by atoms with Crippen LogP contribution in [0.25, 0.3) is 0 Å². The minimum absolute atomic E-state index is 0.0350. The molecule has 0 rings (SSSR count). The second kappa shape index (κ2) is 10.5. The summed E-state index contributed by atoms with van der Waals surface area (Å²) in [4.78, 5) is 10.1. The van der Waals surface area contributed by atoms with Crippen LogP contribution >= 0.6 is 11.6 Å². The molecule has 0 fully saturated rings. The summed E-state index contributed by atoms with van der Waals surface area (Å²) in [7, 11) is 1.73. The van der Waals surface area contributed by atoms with Crippen LogP contribution in [0.4, 0.5) is 0 Å². The number of alkyl halides is 1. The number of methoxy groups -OCH3 is 1. The maximum absolute atomic E-state index is 10.1. The first kappa shape index (κ1) is 21.0. The summed E-state index contributed by atoms with van der Waals surface area (Å²) >= 11 is 5.03. The highest BCUT2D eigenvalue weighted by Crippen LogP contribution is 2.15. The second-order valence-electron chi connectivity index (χ2n) is 5.65. The van der Waals surface area contributed by atoms with Gasteiger partial charge in [0.05, 0.1) is 11.2 Å². The summed E-state index contributed by atoms with van der Waals surface area (Å²) in [5, 5.41) is 0. The van der Waals surface area contributed by atoms with Crippen molar-refractivity contribution in [2.45, 2.75) is 65.6 Å². The fourth-order valence-corrected chi connectivity index (χ4v) is 0.990. The molecular weight excluding hydrogens is 268 g/mol. The topological polar surface area (TPSA) is 44.8 Å². The third-order valence-corrected chi connectivity index (χ3v) is 2.41. The largest absolute Gasteiger partial charge is 0.449 e. The van der Waals surface area contributed by atoms with Crippen molar-refractivity contribution in [1.82, 2.24) is 0 Å². The fourth-order valence-electron chi connectivity index (χ4n) is 0.868. The van der Waals surface area contributed by atoms with Crippen molar-refractivity contribution in [3.05, 3.63) is 0 Å². The molecular formula is C14H29ClO4. The zero-order valence-corrected chi connectivity index (χ0v) is 14.1. The highest BCUT2D eigenvalue weighted by molar-refractivity contribution is 6.17. The number of carbonyl (C=O) groups excluding carboxylic acids is 1. The first-order valence-electron chi connectivity index (χ1n) is 6.48. The zero-order valence-electron chi connectivity index (χ0n) is 13.3. The number of hydrogen-bond donors (Lipinski definition) is 0. The third kappa shape index (κ3) is 17.7. The number of esters is 1. The van der Waals surface area contributed by atoms with E-state index >= 15 is 0 Å². The summed E-state index contributed by atoms with van der Waals surface area (Å²) in [6.45, 7) is 12.8. The van der Waals surface area contributed by atoms with Crippen LogP contribution in [0.2, 0.25) is 0 Å². The SMILES string of the molecule is CCC(=O)OCCl.COC(C)(C)CCOC(C)(C)C. The molecule has 0 aromatic heterocycles. The van der Waals surface area contributed by atoms with E-state index in [1.165, 1.54) is 0 Å². The molecule has 0 radical (unpaired) electrons. The van der Waals surface area contributed by atoms with Gasteiger partial charge >= 0.3 is 5.97 Å². The van der Waals surface area contributed by atoms with E-state index in [-0.39, 0.29) is 23.2 Å². The molecule has 5 heteroatoms. The van der Waals surface area contributed by atoms with Crippen LogP contribution in [0.1, 0.15) is 54.4 Å². The number of ether oxygens (including phenoxy) is 3. The maximum Gasteiger partial charge on any atom is 0.306 e. The number of hydrogen-bond acceptors (Lipinski definition) is 4. The average Bonchev–Trinajstić information content (AvgIpc) is 2.28.